The molecule has 0 aromatic carbocycles. The summed E-state index contributed by atoms with van der Waals surface area (Å²) in [6.45, 7) is 23.7. The molecule has 5 aliphatic carbocycles. The van der Waals surface area contributed by atoms with Crippen molar-refractivity contribution < 1.29 is 115 Å². The summed E-state index contributed by atoms with van der Waals surface area (Å²) in [5, 5.41) is 23.3. The van der Waals surface area contributed by atoms with Gasteiger partial charge in [-0.25, -0.2) is 4.79 Å². The summed E-state index contributed by atoms with van der Waals surface area (Å²) in [6, 6.07) is 0. The first kappa shape index (κ1) is 64.9. The number of aliphatic hydroxyl groups excluding tert-OH is 1. The van der Waals surface area contributed by atoms with E-state index in [9.17, 15) is 48.6 Å². The lowest BCUT2D eigenvalue weighted by Crippen LogP contribution is -2.69. The highest BCUT2D eigenvalue weighted by Crippen LogP contribution is 2.78. The molecule has 0 aromatic rings. The number of ether oxygens (including phenoxy) is 14. The average Bonchev–Trinajstić information content (AvgIpc) is 1.63. The maximum atomic E-state index is 13.4. The number of carboxylic acid groups (broad SMARTS) is 1. The zero-order valence-electron chi connectivity index (χ0n) is 51.6. The number of aliphatic carboxylic acids is 1. The molecule has 4 saturated heterocycles. The van der Waals surface area contributed by atoms with Gasteiger partial charge in [-0.1, -0.05) is 48.5 Å². The van der Waals surface area contributed by atoms with Crippen LogP contribution >= 0.6 is 0 Å². The molecule has 478 valence electrons. The fourth-order valence-electron chi connectivity index (χ4n) is 18.2. The minimum atomic E-state index is -2.22. The van der Waals surface area contributed by atoms with Crippen LogP contribution in [0.5, 0.6) is 0 Å². The third-order valence-electron chi connectivity index (χ3n) is 22.0. The van der Waals surface area contributed by atoms with Gasteiger partial charge in [0.05, 0.1) is 25.4 Å². The molecular formula is C61H90O24. The molecule has 85 heavy (non-hydrogen) atoms. The first-order valence-electron chi connectivity index (χ1n) is 30.3. The highest BCUT2D eigenvalue weighted by atomic mass is 16.8. The van der Waals surface area contributed by atoms with E-state index in [0.29, 0.717) is 24.2 Å². The Kier molecular flexibility index (Phi) is 18.4. The second kappa shape index (κ2) is 24.1. The number of rotatable bonds is 15. The van der Waals surface area contributed by atoms with Crippen LogP contribution in [0.3, 0.4) is 0 Å². The van der Waals surface area contributed by atoms with E-state index in [1.165, 1.54) is 19.3 Å². The minimum absolute atomic E-state index is 0.0104. The van der Waals surface area contributed by atoms with Gasteiger partial charge in [0.1, 0.15) is 31.0 Å². The van der Waals surface area contributed by atoms with Gasteiger partial charge in [-0.2, -0.15) is 0 Å². The molecule has 2 N–H and O–H groups in total. The maximum absolute atomic E-state index is 13.4. The summed E-state index contributed by atoms with van der Waals surface area (Å²) in [7, 11) is 0. The van der Waals surface area contributed by atoms with Crippen molar-refractivity contribution in [1.29, 1.82) is 0 Å². The summed E-state index contributed by atoms with van der Waals surface area (Å²) in [4.78, 5) is 102. The van der Waals surface area contributed by atoms with Crippen LogP contribution in [0.15, 0.2) is 0 Å². The Morgan fingerprint density at radius 2 is 1.07 bits per heavy atom. The number of carbonyl (C=O) groups is 8. The predicted molar refractivity (Wildman–Crippen MR) is 289 cm³/mol. The quantitative estimate of drug-likeness (QED) is 0.117. The largest absolute Gasteiger partial charge is 0.479 e. The molecule has 24 atom stereocenters. The molecule has 5 saturated carbocycles. The molecule has 24 nitrogen and oxygen atoms in total. The van der Waals surface area contributed by atoms with Crippen molar-refractivity contribution in [1.82, 2.24) is 0 Å². The Bertz CT molecular complexity index is 2570. The Morgan fingerprint density at radius 1 is 0.506 bits per heavy atom. The standard InChI is InChI=1S/C61H90O24/c1-28(62)72-25-37-43(76-30(3)64)47(78-32(5)66)50(80-34(7)68)54(81-37)85-49-45(83-53-48(79-33(6)67)44(77-31(4)65)36(26-73-53)75-29(2)63)42(69)46(52(70)71)84-55(49)82-40-18-19-58(12)38(57(40,10)11)17-20-60(14)39(58)16-15-35-41-51-56(8,9)21-23-61(41,27-74-51)24-22-59(35,60)13/h35-51,53-55,69H,15-27H2,1-14H3,(H,70,71)/t35-,36-,37-,38+,39-,40+,41+,42+,43+,44+,45+,46+,47+,48-,49-,50-,51-,53+,54+,55-,58+,59-,60-,61-/m1/s1. The molecule has 0 unspecified atom stereocenters. The van der Waals surface area contributed by atoms with Crippen LogP contribution in [-0.2, 0) is 105 Å². The summed E-state index contributed by atoms with van der Waals surface area (Å²) >= 11 is 0. The molecule has 24 heteroatoms. The van der Waals surface area contributed by atoms with E-state index in [1.54, 1.807) is 0 Å². The second-order valence-corrected chi connectivity index (χ2v) is 27.8. The molecule has 4 aliphatic heterocycles. The predicted octanol–water partition coefficient (Wildman–Crippen LogP) is 5.44. The van der Waals surface area contributed by atoms with E-state index < -0.39 is 159 Å². The Labute approximate surface area is 496 Å². The van der Waals surface area contributed by atoms with Gasteiger partial charge in [-0.3, -0.25) is 33.6 Å². The van der Waals surface area contributed by atoms with Gasteiger partial charge in [0, 0.05) is 48.5 Å². The number of hydrogen-bond acceptors (Lipinski definition) is 23. The molecule has 0 spiro atoms. The Morgan fingerprint density at radius 3 is 1.68 bits per heavy atom. The van der Waals surface area contributed by atoms with Crippen LogP contribution in [0, 0.1) is 56.2 Å². The Hall–Kier alpha value is -4.56. The molecule has 9 rings (SSSR count). The first-order valence-corrected chi connectivity index (χ1v) is 30.3. The van der Waals surface area contributed by atoms with Gasteiger partial charge in [0.25, 0.3) is 0 Å². The lowest BCUT2D eigenvalue weighted by molar-refractivity contribution is -0.392. The van der Waals surface area contributed by atoms with Crippen molar-refractivity contribution in [2.45, 2.75) is 259 Å². The highest BCUT2D eigenvalue weighted by molar-refractivity contribution is 5.73. The lowest BCUT2D eigenvalue weighted by Gasteiger charge is -2.73. The third-order valence-corrected chi connectivity index (χ3v) is 22.0. The van der Waals surface area contributed by atoms with Crippen molar-refractivity contribution in [3.63, 3.8) is 0 Å². The molecule has 2 bridgehead atoms. The monoisotopic (exact) mass is 1210 g/mol. The zero-order chi connectivity index (χ0) is 62.3. The number of carbonyl (C=O) groups excluding carboxylic acids is 7. The van der Waals surface area contributed by atoms with Crippen molar-refractivity contribution >= 4 is 47.8 Å². The molecular weight excluding hydrogens is 1120 g/mol. The van der Waals surface area contributed by atoms with Crippen LogP contribution < -0.4 is 0 Å². The summed E-state index contributed by atoms with van der Waals surface area (Å²) in [5.74, 6) is -6.41. The van der Waals surface area contributed by atoms with E-state index in [2.05, 4.69) is 48.5 Å². The van der Waals surface area contributed by atoms with Crippen LogP contribution in [-0.4, -0.2) is 176 Å². The number of aliphatic hydroxyl groups is 1. The van der Waals surface area contributed by atoms with Crippen molar-refractivity contribution in [3.05, 3.63) is 0 Å². The van der Waals surface area contributed by atoms with Crippen molar-refractivity contribution in [2.24, 2.45) is 56.2 Å². The van der Waals surface area contributed by atoms with Gasteiger partial charge in [-0.05, 0) is 120 Å². The van der Waals surface area contributed by atoms with E-state index in [-0.39, 0.29) is 39.1 Å². The molecule has 0 radical (unpaired) electrons. The van der Waals surface area contributed by atoms with E-state index >= 15 is 0 Å². The van der Waals surface area contributed by atoms with Gasteiger partial charge < -0.3 is 76.5 Å². The third kappa shape index (κ3) is 12.0. The van der Waals surface area contributed by atoms with Crippen LogP contribution in [0.4, 0.5) is 0 Å². The van der Waals surface area contributed by atoms with Gasteiger partial charge in [0.2, 0.25) is 0 Å². The lowest BCUT2D eigenvalue weighted by atomic mass is 9.31. The number of esters is 7. The second-order valence-electron chi connectivity index (χ2n) is 27.8. The normalized spacial score (nSPS) is 44.9. The van der Waals surface area contributed by atoms with Gasteiger partial charge in [-0.15, -0.1) is 0 Å². The fourth-order valence-corrected chi connectivity index (χ4v) is 18.2. The SMILES string of the molecule is CC(=O)OC[C@H]1O[C@@H](O[C@H]2[C@H](O[C@H]3CC[C@]4(C)[C@H]5CC[C@@H]6[C@H]7[C@H]8OC[C@@]7(CCC8(C)C)CC[C@@]6(C)[C@]5(C)CC[C@H]4C3(C)C)O[C@H](C(=O)O)[C@@H](O)[C@@H]2O[C@@H]2OC[C@@H](OC(C)=O)[C@H](OC(C)=O)[C@H]2OC(C)=O)[C@H](OC(C)=O)[C@@H](OC(C)=O)[C@H]1OC(C)=O. The minimum Gasteiger partial charge on any atom is -0.479 e. The molecule has 0 aromatic heterocycles. The van der Waals surface area contributed by atoms with E-state index in [4.69, 9.17) is 66.3 Å². The fraction of sp³-hybridized carbons (Fsp3) is 0.869. The smallest absolute Gasteiger partial charge is 0.335 e. The highest BCUT2D eigenvalue weighted by Gasteiger charge is 2.73. The average molecular weight is 1210 g/mol. The summed E-state index contributed by atoms with van der Waals surface area (Å²) in [6.07, 6.45) is -15.9. The number of hydrogen-bond donors (Lipinski definition) is 2. The molecule has 9 fully saturated rings. The van der Waals surface area contributed by atoms with Crippen LogP contribution in [0.1, 0.15) is 161 Å². The van der Waals surface area contributed by atoms with Crippen molar-refractivity contribution in [3.8, 4) is 0 Å². The summed E-state index contributed by atoms with van der Waals surface area (Å²) in [5.41, 5.74) is -0.411. The van der Waals surface area contributed by atoms with Gasteiger partial charge in [0.15, 0.2) is 61.6 Å². The number of fused-ring (bicyclic) bond motifs is 5. The molecule has 9 aliphatic rings. The van der Waals surface area contributed by atoms with E-state index in [0.717, 1.165) is 93.6 Å². The number of carboxylic acids is 1. The van der Waals surface area contributed by atoms with Crippen LogP contribution in [0.25, 0.3) is 0 Å². The van der Waals surface area contributed by atoms with Crippen molar-refractivity contribution in [2.75, 3.05) is 19.8 Å². The Balaban J connectivity index is 1.09. The van der Waals surface area contributed by atoms with Crippen LogP contribution in [0.2, 0.25) is 0 Å². The zero-order valence-corrected chi connectivity index (χ0v) is 51.6. The molecule has 0 amide bonds. The first-order chi connectivity index (χ1) is 39.7. The van der Waals surface area contributed by atoms with E-state index in [1.807, 2.05) is 0 Å². The summed E-state index contributed by atoms with van der Waals surface area (Å²) < 4.78 is 85.3. The molecule has 4 heterocycles. The van der Waals surface area contributed by atoms with Gasteiger partial charge >= 0.3 is 47.8 Å². The maximum Gasteiger partial charge on any atom is 0.335 e. The topological polar surface area (TPSA) is 306 Å².